The summed E-state index contributed by atoms with van der Waals surface area (Å²) in [5.74, 6) is -2.60. The largest absolute Gasteiger partial charge is 0.507 e. The van der Waals surface area contributed by atoms with Crippen molar-refractivity contribution in [3.8, 4) is 0 Å². The van der Waals surface area contributed by atoms with E-state index in [0.717, 1.165) is 11.3 Å². The molecule has 1 fully saturated rings. The minimum atomic E-state index is -0.928. The Morgan fingerprint density at radius 1 is 1.12 bits per heavy atom. The number of halogens is 1. The van der Waals surface area contributed by atoms with Crippen LogP contribution in [0.1, 0.15) is 32.5 Å². The first-order valence-electron chi connectivity index (χ1n) is 9.51. The van der Waals surface area contributed by atoms with Crippen molar-refractivity contribution in [3.05, 3.63) is 86.9 Å². The molecule has 4 rings (SSSR count). The zero-order valence-electron chi connectivity index (χ0n) is 17.0. The molecule has 1 aromatic heterocycles. The first kappa shape index (κ1) is 21.7. The Morgan fingerprint density at radius 3 is 2.41 bits per heavy atom. The third-order valence-corrected chi connectivity index (χ3v) is 6.43. The van der Waals surface area contributed by atoms with Crippen molar-refractivity contribution < 1.29 is 24.2 Å². The summed E-state index contributed by atoms with van der Waals surface area (Å²) in [6.45, 7) is 1.62. The number of ketones is 1. The van der Waals surface area contributed by atoms with Gasteiger partial charge in [-0.05, 0) is 36.8 Å². The Labute approximate surface area is 192 Å². The molecule has 3 aromatic rings. The van der Waals surface area contributed by atoms with Crippen LogP contribution in [0, 0.1) is 6.92 Å². The lowest BCUT2D eigenvalue weighted by atomic mass is 9.95. The highest BCUT2D eigenvalue weighted by Crippen LogP contribution is 2.43. The highest BCUT2D eigenvalue weighted by Gasteiger charge is 2.48. The van der Waals surface area contributed by atoms with Crippen LogP contribution in [0.2, 0.25) is 5.02 Å². The minimum absolute atomic E-state index is 0.0732. The van der Waals surface area contributed by atoms with Crippen molar-refractivity contribution in [1.29, 1.82) is 0 Å². The quantitative estimate of drug-likeness (QED) is 0.262. The molecule has 1 saturated heterocycles. The number of aromatic nitrogens is 1. The van der Waals surface area contributed by atoms with Crippen LogP contribution in [-0.4, -0.2) is 34.9 Å². The fourth-order valence-electron chi connectivity index (χ4n) is 3.51. The van der Waals surface area contributed by atoms with Gasteiger partial charge in [0.15, 0.2) is 5.13 Å². The maximum atomic E-state index is 13.1. The van der Waals surface area contributed by atoms with E-state index in [2.05, 4.69) is 4.98 Å². The lowest BCUT2D eigenvalue weighted by molar-refractivity contribution is -0.132. The number of hydrogen-bond acceptors (Lipinski definition) is 7. The Kier molecular flexibility index (Phi) is 5.82. The molecule has 0 radical (unpaired) electrons. The Balaban J connectivity index is 1.92. The molecule has 162 valence electrons. The molecule has 0 aliphatic carbocycles. The van der Waals surface area contributed by atoms with Gasteiger partial charge >= 0.3 is 11.9 Å². The van der Waals surface area contributed by atoms with Crippen molar-refractivity contribution in [2.75, 3.05) is 12.0 Å². The number of aliphatic hydroxyl groups excluding tert-OH is 1. The average Bonchev–Trinajstić information content (AvgIpc) is 3.31. The van der Waals surface area contributed by atoms with Crippen LogP contribution < -0.4 is 4.90 Å². The summed E-state index contributed by atoms with van der Waals surface area (Å²) in [4.78, 5) is 44.1. The highest BCUT2D eigenvalue weighted by molar-refractivity contribution is 7.17. The number of rotatable bonds is 4. The van der Waals surface area contributed by atoms with E-state index < -0.39 is 23.7 Å². The molecule has 0 unspecified atom stereocenters. The molecule has 2 aromatic carbocycles. The van der Waals surface area contributed by atoms with Gasteiger partial charge in [0.05, 0.1) is 24.4 Å². The fourth-order valence-corrected chi connectivity index (χ4v) is 4.65. The number of aryl methyl sites for hydroxylation is 1. The summed E-state index contributed by atoms with van der Waals surface area (Å²) < 4.78 is 4.78. The maximum absolute atomic E-state index is 13.1. The zero-order chi connectivity index (χ0) is 23.0. The third-order valence-electron chi connectivity index (χ3n) is 5.04. The molecule has 1 atom stereocenters. The van der Waals surface area contributed by atoms with Crippen molar-refractivity contribution in [2.24, 2.45) is 0 Å². The summed E-state index contributed by atoms with van der Waals surface area (Å²) in [7, 11) is 1.25. The van der Waals surface area contributed by atoms with E-state index in [0.29, 0.717) is 21.8 Å². The maximum Gasteiger partial charge on any atom is 0.350 e. The number of esters is 1. The van der Waals surface area contributed by atoms with E-state index in [1.54, 1.807) is 61.5 Å². The molecule has 0 spiro atoms. The third kappa shape index (κ3) is 3.68. The number of carbonyl (C=O) groups is 3. The van der Waals surface area contributed by atoms with E-state index in [1.165, 1.54) is 12.0 Å². The molecular formula is C23H17ClN2O5S. The molecule has 0 saturated carbocycles. The summed E-state index contributed by atoms with van der Waals surface area (Å²) >= 11 is 6.89. The lowest BCUT2D eigenvalue weighted by Crippen LogP contribution is -2.29. The van der Waals surface area contributed by atoms with E-state index in [-0.39, 0.29) is 21.3 Å². The molecule has 9 heteroatoms. The van der Waals surface area contributed by atoms with Gasteiger partial charge in [0, 0.05) is 10.6 Å². The normalized spacial score (nSPS) is 17.6. The number of aliphatic hydroxyl groups is 1. The van der Waals surface area contributed by atoms with Crippen LogP contribution in [0.4, 0.5) is 5.13 Å². The molecule has 7 nitrogen and oxygen atoms in total. The topological polar surface area (TPSA) is 96.8 Å². The fraction of sp³-hybridized carbons (Fsp3) is 0.130. The molecule has 1 aliphatic heterocycles. The van der Waals surface area contributed by atoms with Gasteiger partial charge in [-0.3, -0.25) is 14.5 Å². The average molecular weight is 469 g/mol. The number of amides is 1. The lowest BCUT2D eigenvalue weighted by Gasteiger charge is -2.22. The van der Waals surface area contributed by atoms with E-state index >= 15 is 0 Å². The predicted octanol–water partition coefficient (Wildman–Crippen LogP) is 4.52. The molecule has 1 amide bonds. The molecular weight excluding hydrogens is 452 g/mol. The second kappa shape index (κ2) is 8.57. The second-order valence-corrected chi connectivity index (χ2v) is 8.40. The van der Waals surface area contributed by atoms with E-state index in [4.69, 9.17) is 16.3 Å². The summed E-state index contributed by atoms with van der Waals surface area (Å²) in [6, 6.07) is 14.2. The van der Waals surface area contributed by atoms with Gasteiger partial charge in [-0.1, -0.05) is 53.3 Å². The Morgan fingerprint density at radius 2 is 1.78 bits per heavy atom. The first-order chi connectivity index (χ1) is 15.3. The number of ether oxygens (including phenoxy) is 1. The molecule has 1 N–H and O–H groups in total. The Bertz CT molecular complexity index is 1250. The Hall–Kier alpha value is -3.49. The SMILES string of the molecule is COC(=O)c1sc(N2C(=O)C(=O)C(=C(O)c3ccc(Cl)cc3)[C@@H]2c2ccccc2)nc1C. The summed E-state index contributed by atoms with van der Waals surface area (Å²) in [5, 5.41) is 11.7. The number of thiazole rings is 1. The standard InChI is InChI=1S/C23H17ClN2O5S/c1-12-20(22(30)31-2)32-23(25-12)26-17(13-6-4-3-5-7-13)16(19(28)21(26)29)18(27)14-8-10-15(24)11-9-14/h3-11,17,27H,1-2H3/t17-/m0/s1. The summed E-state index contributed by atoms with van der Waals surface area (Å²) in [6.07, 6.45) is 0. The van der Waals surface area contributed by atoms with Crippen LogP contribution >= 0.6 is 22.9 Å². The monoisotopic (exact) mass is 468 g/mol. The number of methoxy groups -OCH3 is 1. The number of nitrogens with zero attached hydrogens (tertiary/aromatic N) is 2. The van der Waals surface area contributed by atoms with Crippen LogP contribution in [0.25, 0.3) is 5.76 Å². The van der Waals surface area contributed by atoms with Gasteiger partial charge in [-0.2, -0.15) is 0 Å². The van der Waals surface area contributed by atoms with Crippen LogP contribution in [-0.2, 0) is 14.3 Å². The molecule has 0 bridgehead atoms. The first-order valence-corrected chi connectivity index (χ1v) is 10.7. The van der Waals surface area contributed by atoms with Crippen molar-refractivity contribution in [3.63, 3.8) is 0 Å². The number of Topliss-reactive ketones (excluding diaryl/α,β-unsaturated/α-hetero) is 1. The van der Waals surface area contributed by atoms with E-state index in [1.807, 2.05) is 0 Å². The zero-order valence-corrected chi connectivity index (χ0v) is 18.6. The van der Waals surface area contributed by atoms with Gasteiger partial charge < -0.3 is 9.84 Å². The van der Waals surface area contributed by atoms with Crippen LogP contribution in [0.15, 0.2) is 60.2 Å². The number of carbonyl (C=O) groups excluding carboxylic acids is 3. The van der Waals surface area contributed by atoms with Gasteiger partial charge in [-0.25, -0.2) is 9.78 Å². The number of benzene rings is 2. The van der Waals surface area contributed by atoms with Gasteiger partial charge in [0.2, 0.25) is 0 Å². The van der Waals surface area contributed by atoms with Gasteiger partial charge in [0.25, 0.3) is 5.78 Å². The second-order valence-electron chi connectivity index (χ2n) is 6.99. The predicted molar refractivity (Wildman–Crippen MR) is 121 cm³/mol. The summed E-state index contributed by atoms with van der Waals surface area (Å²) in [5.41, 5.74) is 1.26. The van der Waals surface area contributed by atoms with Gasteiger partial charge in [-0.15, -0.1) is 0 Å². The molecule has 2 heterocycles. The highest BCUT2D eigenvalue weighted by atomic mass is 35.5. The van der Waals surface area contributed by atoms with Crippen molar-refractivity contribution in [1.82, 2.24) is 4.98 Å². The van der Waals surface area contributed by atoms with Crippen LogP contribution in [0.5, 0.6) is 0 Å². The van der Waals surface area contributed by atoms with Crippen LogP contribution in [0.3, 0.4) is 0 Å². The van der Waals surface area contributed by atoms with Crippen molar-refractivity contribution in [2.45, 2.75) is 13.0 Å². The number of hydrogen-bond donors (Lipinski definition) is 1. The molecule has 32 heavy (non-hydrogen) atoms. The minimum Gasteiger partial charge on any atom is -0.507 e. The smallest absolute Gasteiger partial charge is 0.350 e. The van der Waals surface area contributed by atoms with Crippen molar-refractivity contribution >= 4 is 51.5 Å². The van der Waals surface area contributed by atoms with E-state index in [9.17, 15) is 19.5 Å². The number of anilines is 1. The van der Waals surface area contributed by atoms with Gasteiger partial charge in [0.1, 0.15) is 10.6 Å². The molecule has 1 aliphatic rings.